The Morgan fingerprint density at radius 3 is 2.51 bits per heavy atom. The van der Waals surface area contributed by atoms with Crippen LogP contribution in [0.4, 0.5) is 9.18 Å². The number of hydrogen-bond donors (Lipinski definition) is 1. The fraction of sp³-hybridized carbons (Fsp3) is 0.314. The number of hydrogen-bond acceptors (Lipinski definition) is 9. The Hall–Kier alpha value is -5.48. The standard InChI is InChI=1S/C35H34FN7O7S/c1-19-18-49-22-12-10-20(11-13-22)28-29-31-26(41(3)35(45)42(31)21-14-25(27(15-21)50-19)38-34(44)48-4)16-37-33(29)43(30(28)24-17-40(2)39-32(24)36)51(46,47)23-8-6-5-7-9-23/h5-13,16-17,19,21,25,27H,14-15,18H2,1-4H3,(H,38,44)/t19?,21-,25-,27+/m0/s1. The lowest BCUT2D eigenvalue weighted by Crippen LogP contribution is -2.42. The van der Waals surface area contributed by atoms with Crippen LogP contribution in [-0.2, 0) is 33.6 Å². The van der Waals surface area contributed by atoms with Crippen LogP contribution in [-0.4, -0.2) is 74.3 Å². The van der Waals surface area contributed by atoms with Gasteiger partial charge < -0.3 is 19.5 Å². The molecule has 9 rings (SSSR count). The van der Waals surface area contributed by atoms with Crippen LogP contribution >= 0.6 is 0 Å². The maximum Gasteiger partial charge on any atom is 0.407 e. The second-order valence-corrected chi connectivity index (χ2v) is 14.7. The van der Waals surface area contributed by atoms with Crippen LogP contribution in [0.15, 0.2) is 76.7 Å². The average molecular weight is 716 g/mol. The zero-order valence-electron chi connectivity index (χ0n) is 28.1. The maximum atomic E-state index is 15.9. The lowest BCUT2D eigenvalue weighted by Gasteiger charge is -2.24. The fourth-order valence-corrected chi connectivity index (χ4v) is 8.93. The van der Waals surface area contributed by atoms with E-state index in [4.69, 9.17) is 19.2 Å². The summed E-state index contributed by atoms with van der Waals surface area (Å²) in [5.41, 5.74) is 1.22. The molecule has 6 heterocycles. The van der Waals surface area contributed by atoms with E-state index in [1.54, 1.807) is 61.1 Å². The molecule has 1 unspecified atom stereocenters. The molecule has 6 aromatic rings. The smallest absolute Gasteiger partial charge is 0.407 e. The van der Waals surface area contributed by atoms with Crippen molar-refractivity contribution in [3.63, 3.8) is 0 Å². The van der Waals surface area contributed by atoms with E-state index in [0.717, 1.165) is 3.97 Å². The quantitative estimate of drug-likeness (QED) is 0.281. The Kier molecular flexibility index (Phi) is 7.75. The van der Waals surface area contributed by atoms with Crippen LogP contribution in [0.3, 0.4) is 0 Å². The molecule has 3 aliphatic rings. The number of fused-ring (bicyclic) bond motifs is 5. The van der Waals surface area contributed by atoms with Crippen LogP contribution in [0.5, 0.6) is 5.75 Å². The lowest BCUT2D eigenvalue weighted by atomic mass is 9.99. The number of methoxy groups -OCH3 is 1. The number of alkyl carbamates (subject to hydrolysis) is 1. The first kappa shape index (κ1) is 32.7. The highest BCUT2D eigenvalue weighted by Crippen LogP contribution is 2.47. The van der Waals surface area contributed by atoms with Crippen molar-refractivity contribution in [1.82, 2.24) is 33.2 Å². The van der Waals surface area contributed by atoms with Crippen molar-refractivity contribution in [1.29, 1.82) is 0 Å². The highest BCUT2D eigenvalue weighted by molar-refractivity contribution is 7.90. The number of benzene rings is 2. The Balaban J connectivity index is 1.54. The number of carbonyl (C=O) groups is 1. The third kappa shape index (κ3) is 5.19. The van der Waals surface area contributed by atoms with E-state index < -0.39 is 40.3 Å². The second kappa shape index (κ2) is 12.1. The number of pyridine rings is 1. The summed E-state index contributed by atoms with van der Waals surface area (Å²) in [5, 5.41) is 7.12. The molecule has 1 saturated carbocycles. The minimum atomic E-state index is -4.44. The Morgan fingerprint density at radius 1 is 1.08 bits per heavy atom. The monoisotopic (exact) mass is 715 g/mol. The minimum absolute atomic E-state index is 0.00717. The van der Waals surface area contributed by atoms with E-state index >= 15 is 4.39 Å². The van der Waals surface area contributed by atoms with Crippen LogP contribution in [0, 0.1) is 5.95 Å². The Morgan fingerprint density at radius 2 is 1.82 bits per heavy atom. The summed E-state index contributed by atoms with van der Waals surface area (Å²) in [6.45, 7) is 2.05. The number of carbonyl (C=O) groups excluding carboxylic acids is 1. The third-order valence-corrected chi connectivity index (χ3v) is 11.4. The molecule has 14 nitrogen and oxygen atoms in total. The summed E-state index contributed by atoms with van der Waals surface area (Å²) < 4.78 is 68.3. The minimum Gasteiger partial charge on any atom is -0.491 e. The van der Waals surface area contributed by atoms with E-state index in [0.29, 0.717) is 46.1 Å². The first-order chi connectivity index (χ1) is 24.5. The molecule has 51 heavy (non-hydrogen) atoms. The van der Waals surface area contributed by atoms with Gasteiger partial charge in [0, 0.05) is 31.9 Å². The molecule has 0 saturated heterocycles. The van der Waals surface area contributed by atoms with Gasteiger partial charge in [0.25, 0.3) is 10.0 Å². The molecule has 4 atom stereocenters. The molecule has 1 fully saturated rings. The second-order valence-electron chi connectivity index (χ2n) is 12.9. The number of amides is 1. The number of nitrogens with zero attached hydrogens (tertiary/aromatic N) is 6. The van der Waals surface area contributed by atoms with E-state index in [1.165, 1.54) is 40.9 Å². The number of rotatable bonds is 4. The van der Waals surface area contributed by atoms with Gasteiger partial charge in [-0.25, -0.2) is 27.0 Å². The van der Waals surface area contributed by atoms with Gasteiger partial charge in [0.05, 0.1) is 64.1 Å². The molecule has 0 spiro atoms. The van der Waals surface area contributed by atoms with Gasteiger partial charge in [-0.15, -0.1) is 5.10 Å². The predicted molar refractivity (Wildman–Crippen MR) is 185 cm³/mol. The van der Waals surface area contributed by atoms with Crippen molar-refractivity contribution in [3.05, 3.63) is 83.4 Å². The van der Waals surface area contributed by atoms with Gasteiger partial charge in [-0.3, -0.25) is 13.8 Å². The van der Waals surface area contributed by atoms with Crippen molar-refractivity contribution in [2.24, 2.45) is 14.1 Å². The van der Waals surface area contributed by atoms with Crippen molar-refractivity contribution < 1.29 is 31.8 Å². The average Bonchev–Trinajstić information content (AvgIpc) is 3.84. The van der Waals surface area contributed by atoms with E-state index in [1.807, 2.05) is 6.92 Å². The zero-order valence-corrected chi connectivity index (χ0v) is 28.9. The molecule has 4 bridgehead atoms. The molecule has 1 N–H and O–H groups in total. The number of halogens is 1. The van der Waals surface area contributed by atoms with Gasteiger partial charge in [0.15, 0.2) is 5.65 Å². The first-order valence-corrected chi connectivity index (χ1v) is 17.8. The molecular weight excluding hydrogens is 681 g/mol. The molecule has 264 valence electrons. The maximum absolute atomic E-state index is 15.9. The number of ether oxygens (including phenoxy) is 3. The van der Waals surface area contributed by atoms with E-state index in [9.17, 15) is 18.0 Å². The van der Waals surface area contributed by atoms with Crippen molar-refractivity contribution >= 4 is 38.2 Å². The molecule has 2 aliphatic heterocycles. The molecule has 4 aromatic heterocycles. The van der Waals surface area contributed by atoms with E-state index in [-0.39, 0.29) is 40.2 Å². The summed E-state index contributed by atoms with van der Waals surface area (Å²) >= 11 is 0. The highest BCUT2D eigenvalue weighted by atomic mass is 32.2. The van der Waals surface area contributed by atoms with Crippen LogP contribution in [0.1, 0.15) is 25.8 Å². The molecular formula is C35H34FN7O7S. The molecule has 2 aromatic carbocycles. The summed E-state index contributed by atoms with van der Waals surface area (Å²) in [6.07, 6.45) is 1.95. The van der Waals surface area contributed by atoms with Crippen molar-refractivity contribution in [2.75, 3.05) is 13.7 Å². The normalized spacial score (nSPS) is 20.4. The molecule has 1 amide bonds. The largest absolute Gasteiger partial charge is 0.491 e. The van der Waals surface area contributed by atoms with Gasteiger partial charge in [0.1, 0.15) is 12.4 Å². The van der Waals surface area contributed by atoms with Gasteiger partial charge in [0.2, 0.25) is 5.95 Å². The molecule has 0 radical (unpaired) electrons. The lowest BCUT2D eigenvalue weighted by molar-refractivity contribution is -0.0322. The molecule has 1 aliphatic carbocycles. The predicted octanol–water partition coefficient (Wildman–Crippen LogP) is 4.36. The SMILES string of the molecule is COC(=O)N[C@H]1C[C@H]2C[C@H]1OC(C)COc1ccc(cc1)-c1c(-c3cn(C)nc3F)n(S(=O)(=O)c3ccccc3)c3ncc4c(c13)n2c(=O)n4C. The van der Waals surface area contributed by atoms with Gasteiger partial charge in [-0.1, -0.05) is 30.3 Å². The molecule has 16 heteroatoms. The van der Waals surface area contributed by atoms with Crippen LogP contribution in [0.2, 0.25) is 0 Å². The number of imidazole rings is 1. The number of nitrogens with one attached hydrogen (secondary N) is 1. The zero-order chi connectivity index (χ0) is 35.8. The fourth-order valence-electron chi connectivity index (χ4n) is 7.42. The van der Waals surface area contributed by atoms with E-state index in [2.05, 4.69) is 10.4 Å². The highest BCUT2D eigenvalue weighted by Gasteiger charge is 2.41. The summed E-state index contributed by atoms with van der Waals surface area (Å²) in [7, 11) is -0.00547. The summed E-state index contributed by atoms with van der Waals surface area (Å²) in [5.74, 6) is -0.368. The number of aryl methyl sites for hydroxylation is 2. The van der Waals surface area contributed by atoms with Crippen molar-refractivity contribution in [3.8, 4) is 28.1 Å². The van der Waals surface area contributed by atoms with Crippen LogP contribution in [0.25, 0.3) is 44.5 Å². The van der Waals surface area contributed by atoms with Crippen LogP contribution < -0.4 is 15.7 Å². The third-order valence-electron chi connectivity index (χ3n) is 9.68. The topological polar surface area (TPSA) is 154 Å². The number of aromatic nitrogens is 6. The first-order valence-electron chi connectivity index (χ1n) is 16.4. The van der Waals surface area contributed by atoms with Gasteiger partial charge >= 0.3 is 11.8 Å². The summed E-state index contributed by atoms with van der Waals surface area (Å²) in [6, 6.07) is 13.8. The Bertz CT molecular complexity index is 2500. The van der Waals surface area contributed by atoms with Gasteiger partial charge in [-0.2, -0.15) is 4.39 Å². The van der Waals surface area contributed by atoms with Crippen molar-refractivity contribution in [2.45, 2.75) is 49.0 Å². The van der Waals surface area contributed by atoms with Gasteiger partial charge in [-0.05, 0) is 49.6 Å². The summed E-state index contributed by atoms with van der Waals surface area (Å²) in [4.78, 5) is 31.4. The Labute approximate surface area is 291 Å².